The van der Waals surface area contributed by atoms with Crippen molar-refractivity contribution < 1.29 is 16.6 Å². The Morgan fingerprint density at radius 3 is 2.67 bits per heavy atom. The van der Waals surface area contributed by atoms with E-state index in [2.05, 4.69) is 32.7 Å². The number of thiol groups is 1. The predicted molar refractivity (Wildman–Crippen MR) is 50.9 cm³/mol. The Balaban J connectivity index is 0.000000336. The quantitative estimate of drug-likeness (QED) is 0.553. The Labute approximate surface area is 89.5 Å². The van der Waals surface area contributed by atoms with Gasteiger partial charge in [-0.05, 0) is 12.1 Å². The number of H-pyrrole nitrogens is 1. The summed E-state index contributed by atoms with van der Waals surface area (Å²) in [4.78, 5) is 7.13. The van der Waals surface area contributed by atoms with Gasteiger partial charge < -0.3 is 4.98 Å². The van der Waals surface area contributed by atoms with Crippen molar-refractivity contribution in [1.29, 1.82) is 0 Å². The first-order valence-electron chi connectivity index (χ1n) is 3.29. The van der Waals surface area contributed by atoms with E-state index in [1.54, 1.807) is 0 Å². The van der Waals surface area contributed by atoms with Crippen molar-refractivity contribution in [2.45, 2.75) is 5.16 Å². The van der Waals surface area contributed by atoms with Gasteiger partial charge in [-0.15, -0.1) is 12.6 Å². The standard InChI is InChI=1S/C7H6N2S.S.Zn/c10-7-8-5-3-1-2-4-6(5)9-7;;/h1-4H,(H2,8,9,10);;. The van der Waals surface area contributed by atoms with E-state index >= 15 is 0 Å². The molecule has 0 atom stereocenters. The summed E-state index contributed by atoms with van der Waals surface area (Å²) in [5.41, 5.74) is 2.00. The third-order valence-electron chi connectivity index (χ3n) is 1.38. The van der Waals surface area contributed by atoms with Gasteiger partial charge in [0.2, 0.25) is 0 Å². The molecule has 2 rings (SSSR count). The molecule has 0 saturated heterocycles. The molecule has 12 heavy (non-hydrogen) atoms. The molecule has 0 radical (unpaired) electrons. The number of hydrogen-bond donors (Lipinski definition) is 2. The van der Waals surface area contributed by atoms with E-state index in [-0.39, 0.29) is 0 Å². The molecule has 5 heteroatoms. The van der Waals surface area contributed by atoms with Crippen molar-refractivity contribution in [1.82, 2.24) is 9.97 Å². The molecular weight excluding hydrogens is 242 g/mol. The topological polar surface area (TPSA) is 28.7 Å². The van der Waals surface area contributed by atoms with E-state index in [1.807, 2.05) is 24.3 Å². The van der Waals surface area contributed by atoms with Gasteiger partial charge >= 0.3 is 26.7 Å². The molecule has 0 bridgehead atoms. The van der Waals surface area contributed by atoms with E-state index in [0.717, 1.165) is 27.6 Å². The van der Waals surface area contributed by atoms with Gasteiger partial charge in [-0.25, -0.2) is 4.98 Å². The van der Waals surface area contributed by atoms with E-state index in [0.29, 0.717) is 5.16 Å². The van der Waals surface area contributed by atoms with Crippen LogP contribution in [0.25, 0.3) is 11.0 Å². The van der Waals surface area contributed by atoms with Crippen LogP contribution in [0.2, 0.25) is 0 Å². The molecule has 0 amide bonds. The first kappa shape index (κ1) is 9.97. The zero-order chi connectivity index (χ0) is 8.97. The number of imidazole rings is 1. The third-order valence-corrected chi connectivity index (χ3v) is 1.59. The van der Waals surface area contributed by atoms with Crippen LogP contribution in [0.5, 0.6) is 0 Å². The third kappa shape index (κ3) is 2.19. The fourth-order valence-corrected chi connectivity index (χ4v) is 1.17. The van der Waals surface area contributed by atoms with Gasteiger partial charge in [-0.3, -0.25) is 0 Å². The predicted octanol–water partition coefficient (Wildman–Crippen LogP) is 2.50. The second-order valence-corrected chi connectivity index (χ2v) is 2.50. The molecule has 1 heterocycles. The van der Waals surface area contributed by atoms with E-state index < -0.39 is 0 Å². The van der Waals surface area contributed by atoms with Crippen molar-refractivity contribution in [2.75, 3.05) is 0 Å². The second-order valence-electron chi connectivity index (χ2n) is 2.08. The van der Waals surface area contributed by atoms with Crippen LogP contribution in [0.3, 0.4) is 0 Å². The summed E-state index contributed by atoms with van der Waals surface area (Å²) in [6, 6.07) is 7.84. The Morgan fingerprint density at radius 2 is 2.00 bits per heavy atom. The van der Waals surface area contributed by atoms with Crippen LogP contribution >= 0.6 is 22.7 Å². The van der Waals surface area contributed by atoms with Crippen molar-refractivity contribution in [3.8, 4) is 0 Å². The number of nitrogens with zero attached hydrogens (tertiary/aromatic N) is 1. The number of para-hydroxylation sites is 2. The average Bonchev–Trinajstić information content (AvgIpc) is 2.48. The molecule has 58 valence electrons. The number of aromatic amines is 1. The zero-order valence-electron chi connectivity index (χ0n) is 6.32. The van der Waals surface area contributed by atoms with E-state index in [4.69, 9.17) is 0 Å². The van der Waals surface area contributed by atoms with Gasteiger partial charge in [0, 0.05) is 0 Å². The van der Waals surface area contributed by atoms with Crippen LogP contribution in [0.1, 0.15) is 0 Å². The van der Waals surface area contributed by atoms with Gasteiger partial charge in [0.1, 0.15) is 0 Å². The summed E-state index contributed by atoms with van der Waals surface area (Å²) in [5, 5.41) is 0.668. The molecule has 0 fully saturated rings. The fraction of sp³-hybridized carbons (Fsp3) is 0. The molecule has 1 aromatic carbocycles. The van der Waals surface area contributed by atoms with E-state index in [9.17, 15) is 0 Å². The Hall–Kier alpha value is -0.117. The van der Waals surface area contributed by atoms with Crippen LogP contribution in [0.4, 0.5) is 0 Å². The number of aromatic nitrogens is 2. The normalized spacial score (nSPS) is 9.25. The van der Waals surface area contributed by atoms with Crippen molar-refractivity contribution in [3.05, 3.63) is 24.3 Å². The monoisotopic (exact) mass is 246 g/mol. The molecule has 0 saturated carbocycles. The molecule has 2 aromatic rings. The SMILES string of the molecule is Sc1nc2ccccc2[nH]1.[S]=[Zn]. The van der Waals surface area contributed by atoms with Gasteiger partial charge in [0.05, 0.1) is 11.0 Å². The van der Waals surface area contributed by atoms with Crippen molar-refractivity contribution >= 4 is 33.8 Å². The second kappa shape index (κ2) is 4.80. The van der Waals surface area contributed by atoms with Crippen LogP contribution in [-0.2, 0) is 16.6 Å². The molecular formula is C7H6N2S2Zn. The van der Waals surface area contributed by atoms with Crippen molar-refractivity contribution in [3.63, 3.8) is 0 Å². The van der Waals surface area contributed by atoms with Gasteiger partial charge in [-0.2, -0.15) is 0 Å². The van der Waals surface area contributed by atoms with Crippen LogP contribution in [0, 0.1) is 0 Å². The first-order chi connectivity index (χ1) is 5.86. The molecule has 1 aromatic heterocycles. The maximum atomic E-state index is 4.21. The molecule has 0 aliphatic heterocycles. The number of benzene rings is 1. The Kier molecular flexibility index (Phi) is 3.99. The van der Waals surface area contributed by atoms with Gasteiger partial charge in [0.25, 0.3) is 0 Å². The number of fused-ring (bicyclic) bond motifs is 1. The molecule has 0 spiro atoms. The summed E-state index contributed by atoms with van der Waals surface area (Å²) in [5.74, 6) is 0. The average molecular weight is 248 g/mol. The van der Waals surface area contributed by atoms with Crippen LogP contribution in [0.15, 0.2) is 29.4 Å². The molecule has 2 nitrogen and oxygen atoms in total. The number of hydrogen-bond acceptors (Lipinski definition) is 3. The van der Waals surface area contributed by atoms with Gasteiger partial charge in [-0.1, -0.05) is 12.1 Å². The minimum atomic E-state index is 0.668. The fourth-order valence-electron chi connectivity index (χ4n) is 0.939. The zero-order valence-corrected chi connectivity index (χ0v) is 11.0. The molecule has 0 aliphatic carbocycles. The minimum absolute atomic E-state index is 0.668. The summed E-state index contributed by atoms with van der Waals surface area (Å²) in [6.45, 7) is 0. The van der Waals surface area contributed by atoms with E-state index in [1.165, 1.54) is 0 Å². The summed E-state index contributed by atoms with van der Waals surface area (Å²) in [7, 11) is 4.21. The molecule has 1 N–H and O–H groups in total. The Bertz CT molecular complexity index is 341. The number of rotatable bonds is 0. The Morgan fingerprint density at radius 1 is 1.33 bits per heavy atom. The number of nitrogens with one attached hydrogen (secondary N) is 1. The van der Waals surface area contributed by atoms with Crippen LogP contribution < -0.4 is 0 Å². The first-order valence-corrected chi connectivity index (χ1v) is 7.95. The van der Waals surface area contributed by atoms with Gasteiger partial charge in [0.15, 0.2) is 5.16 Å². The summed E-state index contributed by atoms with van der Waals surface area (Å²) >= 11 is 5.03. The maximum absolute atomic E-state index is 4.21. The van der Waals surface area contributed by atoms with Crippen molar-refractivity contribution in [2.24, 2.45) is 0 Å². The van der Waals surface area contributed by atoms with Crippen LogP contribution in [-0.4, -0.2) is 9.97 Å². The summed E-state index contributed by atoms with van der Waals surface area (Å²) < 4.78 is 0. The summed E-state index contributed by atoms with van der Waals surface area (Å²) in [6.07, 6.45) is 0. The molecule has 0 aliphatic rings. The molecule has 0 unspecified atom stereocenters.